The molecular weight excluding hydrogens is 327 g/mol. The van der Waals surface area contributed by atoms with Crippen molar-refractivity contribution >= 4 is 45.4 Å². The number of hydrogen-bond acceptors (Lipinski definition) is 4. The van der Waals surface area contributed by atoms with Crippen LogP contribution in [0.4, 0.5) is 0 Å². The summed E-state index contributed by atoms with van der Waals surface area (Å²) in [6.07, 6.45) is 4.26. The molecule has 2 aromatic heterocycles. The van der Waals surface area contributed by atoms with Gasteiger partial charge in [-0.05, 0) is 36.7 Å². The van der Waals surface area contributed by atoms with E-state index in [9.17, 15) is 0 Å². The summed E-state index contributed by atoms with van der Waals surface area (Å²) >= 11 is 8.18. The normalized spacial score (nSPS) is 15.0. The molecule has 0 N–H and O–H groups in total. The van der Waals surface area contributed by atoms with Gasteiger partial charge in [0.2, 0.25) is 0 Å². The molecule has 0 radical (unpaired) electrons. The average Bonchev–Trinajstić information content (AvgIpc) is 3.02. The summed E-state index contributed by atoms with van der Waals surface area (Å²) in [5.41, 5.74) is 2.59. The van der Waals surface area contributed by atoms with Gasteiger partial charge in [-0.15, -0.1) is 23.7 Å². The van der Waals surface area contributed by atoms with E-state index >= 15 is 0 Å². The van der Waals surface area contributed by atoms with Crippen molar-refractivity contribution in [2.45, 2.75) is 13.0 Å². The second-order valence-corrected chi connectivity index (χ2v) is 6.62. The molecule has 1 aromatic carbocycles. The minimum Gasteiger partial charge on any atom is -0.443 e. The first-order valence-corrected chi connectivity index (χ1v) is 7.73. The lowest BCUT2D eigenvalue weighted by Crippen LogP contribution is -2.18. The molecule has 0 spiro atoms. The van der Waals surface area contributed by atoms with Crippen molar-refractivity contribution in [3.05, 3.63) is 40.9 Å². The summed E-state index contributed by atoms with van der Waals surface area (Å²) in [6.45, 7) is 1.94. The first kappa shape index (κ1) is 14.9. The minimum absolute atomic E-state index is 0. The van der Waals surface area contributed by atoms with Crippen LogP contribution in [0.2, 0.25) is 5.02 Å². The molecule has 1 aliphatic heterocycles. The van der Waals surface area contributed by atoms with E-state index in [1.165, 1.54) is 32.5 Å². The summed E-state index contributed by atoms with van der Waals surface area (Å²) in [5, 5.41) is 2.19. The maximum absolute atomic E-state index is 6.41. The predicted molar refractivity (Wildman–Crippen MR) is 89.6 cm³/mol. The first-order valence-electron chi connectivity index (χ1n) is 6.54. The Hall–Kier alpha value is -1.07. The van der Waals surface area contributed by atoms with Gasteiger partial charge in [-0.1, -0.05) is 11.6 Å². The zero-order valence-corrected chi connectivity index (χ0v) is 13.8. The number of thiophene rings is 1. The van der Waals surface area contributed by atoms with E-state index < -0.39 is 0 Å². The molecule has 110 valence electrons. The molecule has 0 saturated carbocycles. The van der Waals surface area contributed by atoms with Crippen LogP contribution in [-0.2, 0) is 13.0 Å². The predicted octanol–water partition coefficient (Wildman–Crippen LogP) is 4.62. The van der Waals surface area contributed by atoms with Crippen LogP contribution in [0, 0.1) is 0 Å². The van der Waals surface area contributed by atoms with Gasteiger partial charge in [0.1, 0.15) is 0 Å². The van der Waals surface area contributed by atoms with Gasteiger partial charge in [0.25, 0.3) is 0 Å². The molecule has 0 bridgehead atoms. The fraction of sp³-hybridized carbons (Fsp3) is 0.267. The summed E-state index contributed by atoms with van der Waals surface area (Å²) in [5.74, 6) is 0.846. The highest BCUT2D eigenvalue weighted by Crippen LogP contribution is 2.43. The number of aromatic nitrogens is 1. The number of hydrogen-bond donors (Lipinski definition) is 0. The van der Waals surface area contributed by atoms with Crippen molar-refractivity contribution in [2.24, 2.45) is 0 Å². The lowest BCUT2D eigenvalue weighted by molar-refractivity contribution is 0.337. The third-order valence-corrected chi connectivity index (χ3v) is 5.40. The monoisotopic (exact) mass is 340 g/mol. The Morgan fingerprint density at radius 2 is 2.19 bits per heavy atom. The van der Waals surface area contributed by atoms with E-state index in [-0.39, 0.29) is 12.4 Å². The Morgan fingerprint density at radius 1 is 1.33 bits per heavy atom. The van der Waals surface area contributed by atoms with E-state index in [1.54, 1.807) is 17.5 Å². The Balaban J connectivity index is 0.00000132. The van der Waals surface area contributed by atoms with E-state index in [0.717, 1.165) is 30.3 Å². The molecule has 21 heavy (non-hydrogen) atoms. The van der Waals surface area contributed by atoms with E-state index in [1.807, 2.05) is 6.07 Å². The molecule has 3 nitrogen and oxygen atoms in total. The summed E-state index contributed by atoms with van der Waals surface area (Å²) in [4.78, 5) is 7.55. The summed E-state index contributed by atoms with van der Waals surface area (Å²) in [6, 6.07) is 4.12. The van der Waals surface area contributed by atoms with Crippen LogP contribution in [0.5, 0.6) is 0 Å². The second-order valence-electron chi connectivity index (χ2n) is 5.16. The topological polar surface area (TPSA) is 29.3 Å². The molecule has 0 aliphatic carbocycles. The Bertz CT molecular complexity index is 783. The maximum Gasteiger partial charge on any atom is 0.181 e. The van der Waals surface area contributed by atoms with Crippen LogP contribution < -0.4 is 0 Å². The molecule has 0 amide bonds. The lowest BCUT2D eigenvalue weighted by Gasteiger charge is -2.13. The van der Waals surface area contributed by atoms with E-state index in [0.29, 0.717) is 0 Å². The number of likely N-dealkylation sites (N-methyl/N-ethyl adjacent to an activating group) is 1. The van der Waals surface area contributed by atoms with E-state index in [2.05, 4.69) is 23.0 Å². The third kappa shape index (κ3) is 2.36. The average molecular weight is 341 g/mol. The van der Waals surface area contributed by atoms with Crippen LogP contribution in [-0.4, -0.2) is 23.5 Å². The van der Waals surface area contributed by atoms with Gasteiger partial charge in [0, 0.05) is 28.2 Å². The Labute approximate surface area is 137 Å². The summed E-state index contributed by atoms with van der Waals surface area (Å²) < 4.78 is 6.79. The van der Waals surface area contributed by atoms with Gasteiger partial charge in [-0.25, -0.2) is 4.98 Å². The molecule has 1 aliphatic rings. The highest BCUT2D eigenvalue weighted by atomic mass is 35.5. The highest BCUT2D eigenvalue weighted by Gasteiger charge is 2.23. The van der Waals surface area contributed by atoms with Crippen LogP contribution in [0.15, 0.2) is 29.1 Å². The van der Waals surface area contributed by atoms with Gasteiger partial charge >= 0.3 is 0 Å². The molecular formula is C15H14Cl2N2OS. The quantitative estimate of drug-likeness (QED) is 0.647. The minimum atomic E-state index is 0. The van der Waals surface area contributed by atoms with Crippen LogP contribution in [0.25, 0.3) is 20.7 Å². The van der Waals surface area contributed by atoms with Gasteiger partial charge < -0.3 is 9.32 Å². The molecule has 0 saturated heterocycles. The van der Waals surface area contributed by atoms with Crippen molar-refractivity contribution < 1.29 is 4.42 Å². The van der Waals surface area contributed by atoms with Gasteiger partial charge in [0.05, 0.1) is 11.1 Å². The van der Waals surface area contributed by atoms with E-state index in [4.69, 9.17) is 16.0 Å². The number of nitrogens with zero attached hydrogens (tertiary/aromatic N) is 2. The van der Waals surface area contributed by atoms with Crippen molar-refractivity contribution in [3.8, 4) is 10.6 Å². The van der Waals surface area contributed by atoms with Crippen molar-refractivity contribution in [2.75, 3.05) is 13.6 Å². The fourth-order valence-corrected chi connectivity index (χ4v) is 4.32. The molecule has 3 heterocycles. The Morgan fingerprint density at radius 3 is 2.95 bits per heavy atom. The second kappa shape index (κ2) is 5.61. The molecule has 0 atom stereocenters. The molecule has 4 rings (SSSR count). The lowest BCUT2D eigenvalue weighted by atomic mass is 10.0. The highest BCUT2D eigenvalue weighted by molar-refractivity contribution is 7.22. The van der Waals surface area contributed by atoms with Crippen molar-refractivity contribution in [1.82, 2.24) is 9.88 Å². The molecule has 0 unspecified atom stereocenters. The number of oxazole rings is 1. The van der Waals surface area contributed by atoms with Crippen molar-refractivity contribution in [1.29, 1.82) is 0 Å². The largest absolute Gasteiger partial charge is 0.443 e. The Kier molecular flexibility index (Phi) is 3.97. The number of halogens is 2. The van der Waals surface area contributed by atoms with Crippen LogP contribution in [0.3, 0.4) is 0 Å². The van der Waals surface area contributed by atoms with Crippen molar-refractivity contribution in [3.63, 3.8) is 0 Å². The van der Waals surface area contributed by atoms with Gasteiger partial charge in [-0.2, -0.15) is 0 Å². The number of rotatable bonds is 1. The van der Waals surface area contributed by atoms with Crippen LogP contribution >= 0.6 is 35.3 Å². The first-order chi connectivity index (χ1) is 9.74. The van der Waals surface area contributed by atoms with Gasteiger partial charge in [-0.3, -0.25) is 0 Å². The standard InChI is InChI=1S/C15H13ClN2OS.ClH/c1-18-5-4-9-11(16)2-3-13-14(9)10(7-18)15(20-13)12-6-17-8-19-12;/h2-3,6,8H,4-5,7H2,1H3;1H. The molecule has 3 aromatic rings. The zero-order chi connectivity index (χ0) is 13.7. The SMILES string of the molecule is CN1CCc2c(Cl)ccc3sc(-c4cnco4)c(c23)C1.Cl. The number of benzene rings is 1. The smallest absolute Gasteiger partial charge is 0.181 e. The van der Waals surface area contributed by atoms with Gasteiger partial charge in [0.15, 0.2) is 12.2 Å². The molecule has 6 heteroatoms. The fourth-order valence-electron chi connectivity index (χ4n) is 2.88. The summed E-state index contributed by atoms with van der Waals surface area (Å²) in [7, 11) is 2.15. The zero-order valence-electron chi connectivity index (χ0n) is 11.4. The molecule has 0 fully saturated rings. The maximum atomic E-state index is 6.41. The van der Waals surface area contributed by atoms with Crippen LogP contribution in [0.1, 0.15) is 11.1 Å². The third-order valence-electron chi connectivity index (χ3n) is 3.83.